The summed E-state index contributed by atoms with van der Waals surface area (Å²) in [6, 6.07) is 4.57. The Morgan fingerprint density at radius 3 is 2.38 bits per heavy atom. The molecule has 0 radical (unpaired) electrons. The van der Waals surface area contributed by atoms with Gasteiger partial charge in [0.05, 0.1) is 17.9 Å². The van der Waals surface area contributed by atoms with Crippen LogP contribution in [0.5, 0.6) is 0 Å². The molecule has 3 saturated carbocycles. The minimum Gasteiger partial charge on any atom is -0.352 e. The highest BCUT2D eigenvalue weighted by Crippen LogP contribution is 2.40. The van der Waals surface area contributed by atoms with Crippen LogP contribution in [0.3, 0.4) is 0 Å². The number of rotatable bonds is 11. The predicted molar refractivity (Wildman–Crippen MR) is 134 cm³/mol. The first kappa shape index (κ1) is 27.9. The lowest BCUT2D eigenvalue weighted by molar-refractivity contribution is -0.137. The highest BCUT2D eigenvalue weighted by atomic mass is 32.2. The van der Waals surface area contributed by atoms with Crippen molar-refractivity contribution >= 4 is 21.7 Å². The number of hydrogen-bond donors (Lipinski definition) is 2. The molecule has 1 aromatic carbocycles. The van der Waals surface area contributed by atoms with E-state index in [-0.39, 0.29) is 29.0 Å². The van der Waals surface area contributed by atoms with Gasteiger partial charge in [-0.1, -0.05) is 13.0 Å². The fourth-order valence-electron chi connectivity index (χ4n) is 5.32. The summed E-state index contributed by atoms with van der Waals surface area (Å²) < 4.78 is 63.8. The molecule has 7 nitrogen and oxygen atoms in total. The molecule has 37 heavy (non-hydrogen) atoms. The average Bonchev–Trinajstić information content (AvgIpc) is 3.76. The summed E-state index contributed by atoms with van der Waals surface area (Å²) in [5, 5.41) is 5.27. The Bertz CT molecular complexity index is 1090. The van der Waals surface area contributed by atoms with Crippen LogP contribution in [0.2, 0.25) is 0 Å². The minimum absolute atomic E-state index is 0.00345. The van der Waals surface area contributed by atoms with Crippen molar-refractivity contribution in [2.45, 2.75) is 76.2 Å². The maximum atomic E-state index is 12.9. The van der Waals surface area contributed by atoms with Crippen LogP contribution in [-0.2, 0) is 20.8 Å². The van der Waals surface area contributed by atoms with Crippen LogP contribution in [0.1, 0.15) is 67.8 Å². The largest absolute Gasteiger partial charge is 0.416 e. The van der Waals surface area contributed by atoms with Crippen LogP contribution in [-0.4, -0.2) is 67.9 Å². The van der Waals surface area contributed by atoms with Gasteiger partial charge in [-0.15, -0.1) is 0 Å². The second kappa shape index (κ2) is 11.3. The quantitative estimate of drug-likeness (QED) is 0.446. The number of nitrogens with one attached hydrogen (secondary N) is 2. The van der Waals surface area contributed by atoms with Crippen molar-refractivity contribution < 1.29 is 31.2 Å². The fourth-order valence-corrected chi connectivity index (χ4v) is 6.57. The second-order valence-corrected chi connectivity index (χ2v) is 13.1. The van der Waals surface area contributed by atoms with Crippen molar-refractivity contribution in [3.05, 3.63) is 35.4 Å². The van der Waals surface area contributed by atoms with E-state index in [1.807, 2.05) is 0 Å². The first-order chi connectivity index (χ1) is 17.4. The van der Waals surface area contributed by atoms with Crippen molar-refractivity contribution in [1.82, 2.24) is 15.5 Å². The molecule has 3 atom stereocenters. The number of carbonyl (C=O) groups excluding carboxylic acids is 2. The zero-order valence-electron chi connectivity index (χ0n) is 21.1. The summed E-state index contributed by atoms with van der Waals surface area (Å²) in [5.41, 5.74) is -1.13. The molecule has 206 valence electrons. The topological polar surface area (TPSA) is 95.6 Å². The van der Waals surface area contributed by atoms with E-state index in [4.69, 9.17) is 0 Å². The molecule has 3 aliphatic rings. The van der Waals surface area contributed by atoms with Gasteiger partial charge in [0.15, 0.2) is 0 Å². The number of benzene rings is 1. The summed E-state index contributed by atoms with van der Waals surface area (Å²) in [5.74, 6) is -0.710. The Kier molecular flexibility index (Phi) is 8.52. The van der Waals surface area contributed by atoms with Crippen molar-refractivity contribution in [3.63, 3.8) is 0 Å². The second-order valence-electron chi connectivity index (χ2n) is 10.7. The standard InChI is InChI=1S/C26H36F3N3O4S/c1-2-37(35,36)16-19-13-22(32(21-8-9-21)15-17-6-7-17)10-11-23(19)31-24(33)14-30-25(34)18-4-3-5-20(12-18)26(27,28)29/h3-5,12,17,19,21-23H,2,6-11,13-16H2,1H3,(H,30,34)(H,31,33)/t19-,22-,23+/m1/s1. The van der Waals surface area contributed by atoms with Gasteiger partial charge < -0.3 is 10.6 Å². The van der Waals surface area contributed by atoms with Gasteiger partial charge in [0.25, 0.3) is 5.91 Å². The summed E-state index contributed by atoms with van der Waals surface area (Å²) >= 11 is 0. The smallest absolute Gasteiger partial charge is 0.352 e. The molecule has 2 N–H and O–H groups in total. The van der Waals surface area contributed by atoms with Gasteiger partial charge in [0.1, 0.15) is 9.84 Å². The van der Waals surface area contributed by atoms with Crippen molar-refractivity contribution in [2.75, 3.05) is 24.6 Å². The zero-order chi connectivity index (χ0) is 26.8. The van der Waals surface area contributed by atoms with Crippen molar-refractivity contribution in [3.8, 4) is 0 Å². The van der Waals surface area contributed by atoms with E-state index in [0.717, 1.165) is 37.1 Å². The van der Waals surface area contributed by atoms with Crippen molar-refractivity contribution in [1.29, 1.82) is 0 Å². The maximum Gasteiger partial charge on any atom is 0.416 e. The number of halogens is 3. The lowest BCUT2D eigenvalue weighted by Crippen LogP contribution is -2.53. The molecule has 0 aromatic heterocycles. The van der Waals surface area contributed by atoms with E-state index in [2.05, 4.69) is 15.5 Å². The van der Waals surface area contributed by atoms with Crippen LogP contribution in [0.4, 0.5) is 13.2 Å². The normalized spacial score (nSPS) is 24.6. The molecule has 0 spiro atoms. The molecule has 11 heteroatoms. The fraction of sp³-hybridized carbons (Fsp3) is 0.692. The Hall–Kier alpha value is -2.14. The van der Waals surface area contributed by atoms with E-state index >= 15 is 0 Å². The number of alkyl halides is 3. The van der Waals surface area contributed by atoms with E-state index in [9.17, 15) is 31.2 Å². The zero-order valence-corrected chi connectivity index (χ0v) is 21.9. The molecule has 0 heterocycles. The molecule has 0 saturated heterocycles. The first-order valence-corrected chi connectivity index (χ1v) is 15.0. The SMILES string of the molecule is CCS(=O)(=O)C[C@H]1C[C@H](N(CC2CC2)C2CC2)CC[C@@H]1NC(=O)CNC(=O)c1cccc(C(F)(F)F)c1. The first-order valence-electron chi connectivity index (χ1n) is 13.2. The third kappa shape index (κ3) is 7.92. The summed E-state index contributed by atoms with van der Waals surface area (Å²) in [6.45, 7) is 2.29. The molecular formula is C26H36F3N3O4S. The van der Waals surface area contributed by atoms with Gasteiger partial charge in [0, 0.05) is 36.0 Å². The third-order valence-electron chi connectivity index (χ3n) is 7.72. The predicted octanol–water partition coefficient (Wildman–Crippen LogP) is 3.40. The van der Waals surface area contributed by atoms with Crippen LogP contribution in [0, 0.1) is 11.8 Å². The maximum absolute atomic E-state index is 12.9. The van der Waals surface area contributed by atoms with Crippen LogP contribution in [0.15, 0.2) is 24.3 Å². The van der Waals surface area contributed by atoms with Gasteiger partial charge in [0.2, 0.25) is 5.91 Å². The molecule has 2 amide bonds. The molecule has 3 aliphatic carbocycles. The highest BCUT2D eigenvalue weighted by Gasteiger charge is 2.42. The number of sulfone groups is 1. The molecule has 0 aliphatic heterocycles. The average molecular weight is 544 g/mol. The monoisotopic (exact) mass is 543 g/mol. The number of hydrogen-bond acceptors (Lipinski definition) is 5. The number of carbonyl (C=O) groups is 2. The molecule has 3 fully saturated rings. The Labute approximate surface area is 216 Å². The van der Waals surface area contributed by atoms with E-state index in [1.54, 1.807) is 6.92 Å². The van der Waals surface area contributed by atoms with Gasteiger partial charge in [-0.05, 0) is 75.0 Å². The van der Waals surface area contributed by atoms with Gasteiger partial charge in [-0.25, -0.2) is 8.42 Å². The minimum atomic E-state index is -4.58. The third-order valence-corrected chi connectivity index (χ3v) is 9.54. The van der Waals surface area contributed by atoms with Gasteiger partial charge >= 0.3 is 6.18 Å². The Morgan fingerprint density at radius 1 is 1.05 bits per heavy atom. The Morgan fingerprint density at radius 2 is 1.76 bits per heavy atom. The number of amides is 2. The van der Waals surface area contributed by atoms with Crippen LogP contribution < -0.4 is 10.6 Å². The highest BCUT2D eigenvalue weighted by molar-refractivity contribution is 7.91. The van der Waals surface area contributed by atoms with Gasteiger partial charge in [-0.2, -0.15) is 13.2 Å². The summed E-state index contributed by atoms with van der Waals surface area (Å²) in [7, 11) is -3.26. The molecular weight excluding hydrogens is 507 g/mol. The molecule has 1 aromatic rings. The summed E-state index contributed by atoms with van der Waals surface area (Å²) in [6.07, 6.45) is 2.53. The van der Waals surface area contributed by atoms with Gasteiger partial charge in [-0.3, -0.25) is 14.5 Å². The van der Waals surface area contributed by atoms with E-state index < -0.39 is 39.9 Å². The van der Waals surface area contributed by atoms with Crippen LogP contribution >= 0.6 is 0 Å². The van der Waals surface area contributed by atoms with E-state index in [1.165, 1.54) is 31.7 Å². The lowest BCUT2D eigenvalue weighted by atomic mass is 9.81. The lowest BCUT2D eigenvalue weighted by Gasteiger charge is -2.42. The Balaban J connectivity index is 1.36. The molecule has 0 bridgehead atoms. The molecule has 0 unspecified atom stereocenters. The van der Waals surface area contributed by atoms with Crippen molar-refractivity contribution in [2.24, 2.45) is 11.8 Å². The molecule has 4 rings (SSSR count). The van der Waals surface area contributed by atoms with Crippen LogP contribution in [0.25, 0.3) is 0 Å². The van der Waals surface area contributed by atoms with E-state index in [0.29, 0.717) is 24.9 Å². The number of nitrogens with zero attached hydrogens (tertiary/aromatic N) is 1. The summed E-state index contributed by atoms with van der Waals surface area (Å²) in [4.78, 5) is 27.6.